The van der Waals surface area contributed by atoms with Crippen LogP contribution in [0.5, 0.6) is 17.2 Å². The summed E-state index contributed by atoms with van der Waals surface area (Å²) in [7, 11) is 8.79. The second-order valence-corrected chi connectivity index (χ2v) is 16.5. The fourth-order valence-electron chi connectivity index (χ4n) is 6.93. The summed E-state index contributed by atoms with van der Waals surface area (Å²) in [6.45, 7) is 1.23. The number of hydrogen-bond donors (Lipinski definition) is 1. The molecule has 0 radical (unpaired) electrons. The summed E-state index contributed by atoms with van der Waals surface area (Å²) in [4.78, 5) is 39.2. The van der Waals surface area contributed by atoms with Gasteiger partial charge in [0.25, 0.3) is 0 Å². The SMILES string of the molecule is COc1ccc(C(OCC2(COC(=O)CCC(=O)O)CCN(C(=O)CCCC[C@@H]3CCSS3)CC2)(c2ccc(OC)cc2)c2ccc(OC)cc2)cc1. The van der Waals surface area contributed by atoms with Gasteiger partial charge in [-0.2, -0.15) is 0 Å². The van der Waals surface area contributed by atoms with Gasteiger partial charge < -0.3 is 33.7 Å². The summed E-state index contributed by atoms with van der Waals surface area (Å²) in [6, 6.07) is 23.3. The van der Waals surface area contributed by atoms with Crippen LogP contribution in [0.2, 0.25) is 0 Å². The molecule has 3 aromatic rings. The van der Waals surface area contributed by atoms with E-state index in [2.05, 4.69) is 0 Å². The first kappa shape index (κ1) is 40.3. The van der Waals surface area contributed by atoms with Gasteiger partial charge in [-0.25, -0.2) is 0 Å². The first-order chi connectivity index (χ1) is 25.7. The molecule has 12 heteroatoms. The van der Waals surface area contributed by atoms with Crippen molar-refractivity contribution in [2.45, 2.75) is 68.6 Å². The van der Waals surface area contributed by atoms with Crippen LogP contribution in [0.4, 0.5) is 0 Å². The van der Waals surface area contributed by atoms with Crippen molar-refractivity contribution in [2.75, 3.05) is 53.4 Å². The van der Waals surface area contributed by atoms with Crippen molar-refractivity contribution in [1.82, 2.24) is 4.90 Å². The van der Waals surface area contributed by atoms with Crippen LogP contribution in [0.1, 0.15) is 74.5 Å². The van der Waals surface area contributed by atoms with Crippen molar-refractivity contribution in [2.24, 2.45) is 5.41 Å². The summed E-state index contributed by atoms with van der Waals surface area (Å²) in [6.07, 6.45) is 5.41. The molecule has 2 saturated heterocycles. The molecule has 0 spiro atoms. The smallest absolute Gasteiger partial charge is 0.306 e. The number of rotatable bonds is 19. The zero-order chi connectivity index (χ0) is 37.7. The first-order valence-electron chi connectivity index (χ1n) is 18.2. The number of amides is 1. The van der Waals surface area contributed by atoms with Gasteiger partial charge in [-0.3, -0.25) is 14.4 Å². The average molecular weight is 766 g/mol. The number of carbonyl (C=O) groups is 3. The highest BCUT2D eigenvalue weighted by Crippen LogP contribution is 2.45. The first-order valence-corrected chi connectivity index (χ1v) is 20.6. The second kappa shape index (κ2) is 19.5. The molecule has 0 aliphatic carbocycles. The monoisotopic (exact) mass is 765 g/mol. The number of ether oxygens (including phenoxy) is 5. The number of hydrogen-bond acceptors (Lipinski definition) is 10. The summed E-state index contributed by atoms with van der Waals surface area (Å²) < 4.78 is 29.6. The van der Waals surface area contributed by atoms with Crippen LogP contribution in [0, 0.1) is 5.41 Å². The number of likely N-dealkylation sites (tertiary alicyclic amines) is 1. The Hall–Kier alpha value is -3.87. The summed E-state index contributed by atoms with van der Waals surface area (Å²) >= 11 is 0. The fourth-order valence-corrected chi connectivity index (χ4v) is 9.96. The zero-order valence-electron chi connectivity index (χ0n) is 30.9. The number of carboxylic acid groups (broad SMARTS) is 1. The lowest BCUT2D eigenvalue weighted by molar-refractivity contribution is -0.157. The van der Waals surface area contributed by atoms with Gasteiger partial charge in [0.05, 0.1) is 47.4 Å². The third-order valence-corrected chi connectivity index (χ3v) is 13.2. The van der Waals surface area contributed by atoms with E-state index in [0.29, 0.717) is 54.9 Å². The number of esters is 1. The molecule has 1 atom stereocenters. The van der Waals surface area contributed by atoms with E-state index in [1.807, 2.05) is 99.3 Å². The molecule has 0 bridgehead atoms. The van der Waals surface area contributed by atoms with Crippen molar-refractivity contribution >= 4 is 39.4 Å². The molecule has 2 heterocycles. The Morgan fingerprint density at radius 1 is 0.755 bits per heavy atom. The Morgan fingerprint density at radius 3 is 1.74 bits per heavy atom. The van der Waals surface area contributed by atoms with Crippen LogP contribution < -0.4 is 14.2 Å². The van der Waals surface area contributed by atoms with E-state index >= 15 is 0 Å². The molecule has 2 aliphatic heterocycles. The third-order valence-electron chi connectivity index (χ3n) is 10.2. The number of unbranched alkanes of at least 4 members (excludes halogenated alkanes) is 1. The minimum Gasteiger partial charge on any atom is -0.497 e. The number of carboxylic acids is 1. The number of piperidine rings is 1. The highest BCUT2D eigenvalue weighted by molar-refractivity contribution is 8.77. The van der Waals surface area contributed by atoms with E-state index < -0.39 is 23.0 Å². The quantitative estimate of drug-likeness (QED) is 0.0558. The minimum absolute atomic E-state index is 0.0362. The number of benzene rings is 3. The highest BCUT2D eigenvalue weighted by atomic mass is 33.1. The van der Waals surface area contributed by atoms with Crippen molar-refractivity contribution < 1.29 is 43.2 Å². The molecule has 10 nitrogen and oxygen atoms in total. The van der Waals surface area contributed by atoms with Gasteiger partial charge in [-0.15, -0.1) is 0 Å². The van der Waals surface area contributed by atoms with Crippen molar-refractivity contribution in [1.29, 1.82) is 0 Å². The van der Waals surface area contributed by atoms with Gasteiger partial charge in [-0.05, 0) is 85.2 Å². The maximum Gasteiger partial charge on any atom is 0.306 e. The molecule has 1 N–H and O–H groups in total. The average Bonchev–Trinajstić information content (AvgIpc) is 3.73. The van der Waals surface area contributed by atoms with E-state index in [1.54, 1.807) is 21.3 Å². The predicted molar refractivity (Wildman–Crippen MR) is 208 cm³/mol. The molecule has 0 unspecified atom stereocenters. The van der Waals surface area contributed by atoms with Crippen LogP contribution in [-0.2, 0) is 29.5 Å². The van der Waals surface area contributed by atoms with E-state index in [4.69, 9.17) is 28.8 Å². The Balaban J connectivity index is 1.43. The number of carbonyl (C=O) groups excluding carboxylic acids is 2. The summed E-state index contributed by atoms with van der Waals surface area (Å²) in [5.74, 6) is 1.83. The molecule has 5 rings (SSSR count). The Morgan fingerprint density at radius 2 is 1.28 bits per heavy atom. The van der Waals surface area contributed by atoms with E-state index in [1.165, 1.54) is 12.2 Å². The van der Waals surface area contributed by atoms with Crippen LogP contribution in [0.25, 0.3) is 0 Å². The maximum atomic E-state index is 13.4. The zero-order valence-corrected chi connectivity index (χ0v) is 32.5. The lowest BCUT2D eigenvalue weighted by atomic mass is 9.77. The highest BCUT2D eigenvalue weighted by Gasteiger charge is 2.44. The third kappa shape index (κ3) is 10.6. The van der Waals surface area contributed by atoms with Gasteiger partial charge in [0.15, 0.2) is 0 Å². The molecule has 2 fully saturated rings. The molecular weight excluding hydrogens is 715 g/mol. The molecule has 286 valence electrons. The summed E-state index contributed by atoms with van der Waals surface area (Å²) in [5, 5.41) is 9.85. The Labute approximate surface area is 320 Å². The van der Waals surface area contributed by atoms with Gasteiger partial charge in [0.2, 0.25) is 5.91 Å². The fraction of sp³-hybridized carbons (Fsp3) is 0.488. The molecule has 0 aromatic heterocycles. The van der Waals surface area contributed by atoms with E-state index in [-0.39, 0.29) is 32.0 Å². The van der Waals surface area contributed by atoms with Crippen LogP contribution in [0.15, 0.2) is 72.8 Å². The van der Waals surface area contributed by atoms with Crippen molar-refractivity contribution in [3.05, 3.63) is 89.5 Å². The molecule has 3 aromatic carbocycles. The Bertz CT molecular complexity index is 1500. The van der Waals surface area contributed by atoms with Crippen LogP contribution in [0.3, 0.4) is 0 Å². The maximum absolute atomic E-state index is 13.4. The van der Waals surface area contributed by atoms with Gasteiger partial charge in [-0.1, -0.05) is 64.4 Å². The molecule has 0 saturated carbocycles. The van der Waals surface area contributed by atoms with Crippen molar-refractivity contribution in [3.8, 4) is 17.2 Å². The normalized spacial score (nSPS) is 16.9. The molecule has 2 aliphatic rings. The lowest BCUT2D eigenvalue weighted by Gasteiger charge is -2.44. The minimum atomic E-state index is -1.13. The standard InChI is InChI=1S/C41H51NO9S2/c1-47-33-14-8-30(9-15-33)41(31-10-16-34(48-2)17-11-31,32-12-18-35(49-3)19-13-32)51-29-40(28-50-39(46)21-20-38(44)45)23-25-42(26-24-40)37(43)7-5-4-6-36-22-27-52-53-36/h8-19,36H,4-7,20-29H2,1-3H3,(H,44,45)/t36-/m1/s1. The largest absolute Gasteiger partial charge is 0.497 e. The van der Waals surface area contributed by atoms with E-state index in [9.17, 15) is 14.4 Å². The van der Waals surface area contributed by atoms with Crippen molar-refractivity contribution in [3.63, 3.8) is 0 Å². The predicted octanol–water partition coefficient (Wildman–Crippen LogP) is 7.75. The van der Waals surface area contributed by atoms with Crippen LogP contribution in [-0.4, -0.2) is 86.5 Å². The molecule has 1 amide bonds. The molecular formula is C41H51NO9S2. The lowest BCUT2D eigenvalue weighted by Crippen LogP contribution is -2.49. The topological polar surface area (TPSA) is 121 Å². The number of aliphatic carboxylic acids is 1. The molecule has 53 heavy (non-hydrogen) atoms. The number of methoxy groups -OCH3 is 3. The van der Waals surface area contributed by atoms with Gasteiger partial charge in [0, 0.05) is 35.9 Å². The van der Waals surface area contributed by atoms with E-state index in [0.717, 1.165) is 36.0 Å². The van der Waals surface area contributed by atoms with Crippen LogP contribution >= 0.6 is 21.6 Å². The second-order valence-electron chi connectivity index (χ2n) is 13.7. The number of nitrogens with zero attached hydrogens (tertiary/aromatic N) is 1. The summed E-state index contributed by atoms with van der Waals surface area (Å²) in [5.41, 5.74) is 0.774. The van der Waals surface area contributed by atoms with Gasteiger partial charge >= 0.3 is 11.9 Å². The van der Waals surface area contributed by atoms with Gasteiger partial charge in [0.1, 0.15) is 22.8 Å². The Kier molecular flexibility index (Phi) is 14.8.